The van der Waals surface area contributed by atoms with Gasteiger partial charge in [-0.3, -0.25) is 9.59 Å². The molecule has 0 spiro atoms. The molecule has 2 aliphatic rings. The first kappa shape index (κ1) is 18.2. The monoisotopic (exact) mass is 376 g/mol. The van der Waals surface area contributed by atoms with Crippen molar-refractivity contribution in [3.8, 4) is 0 Å². The zero-order chi connectivity index (χ0) is 18.6. The molecule has 1 amide bonds. The summed E-state index contributed by atoms with van der Waals surface area (Å²) in [6.07, 6.45) is 2.89. The minimum absolute atomic E-state index is 0.0509. The van der Waals surface area contributed by atoms with E-state index in [1.165, 1.54) is 12.4 Å². The van der Waals surface area contributed by atoms with Crippen molar-refractivity contribution in [2.24, 2.45) is 4.99 Å². The van der Waals surface area contributed by atoms with Gasteiger partial charge in [0.2, 0.25) is 11.7 Å². The van der Waals surface area contributed by atoms with Crippen LogP contribution in [-0.4, -0.2) is 55.9 Å². The third-order valence-electron chi connectivity index (χ3n) is 3.91. The number of benzene rings is 1. The second-order valence-corrected chi connectivity index (χ2v) is 7.50. The molecular formula is C16H18N5O4S. The molecule has 1 fully saturated rings. The average Bonchev–Trinajstić information content (AvgIpc) is 3.16. The van der Waals surface area contributed by atoms with E-state index in [9.17, 15) is 18.0 Å². The van der Waals surface area contributed by atoms with Crippen molar-refractivity contribution in [2.75, 3.05) is 19.6 Å². The van der Waals surface area contributed by atoms with Crippen molar-refractivity contribution >= 4 is 27.7 Å². The van der Waals surface area contributed by atoms with Gasteiger partial charge in [0.15, 0.2) is 5.84 Å². The van der Waals surface area contributed by atoms with Gasteiger partial charge in [-0.1, -0.05) is 30.3 Å². The summed E-state index contributed by atoms with van der Waals surface area (Å²) in [5.74, 6) is -0.958. The van der Waals surface area contributed by atoms with Crippen LogP contribution in [0.3, 0.4) is 0 Å². The quantitative estimate of drug-likeness (QED) is 0.628. The van der Waals surface area contributed by atoms with E-state index < -0.39 is 22.0 Å². The minimum atomic E-state index is -4.03. The fraction of sp³-hybridized carbons (Fsp3) is 0.312. The topological polar surface area (TPSA) is 122 Å². The number of piperazine rings is 1. The average molecular weight is 376 g/mol. The van der Waals surface area contributed by atoms with Gasteiger partial charge in [0.1, 0.15) is 0 Å². The lowest BCUT2D eigenvalue weighted by molar-refractivity contribution is -0.122. The molecule has 2 aliphatic heterocycles. The Labute approximate surface area is 151 Å². The Morgan fingerprint density at radius 1 is 1.27 bits per heavy atom. The molecule has 1 saturated heterocycles. The molecule has 1 radical (unpaired) electrons. The molecule has 9 nitrogen and oxygen atoms in total. The molecule has 1 aromatic carbocycles. The van der Waals surface area contributed by atoms with Crippen LogP contribution in [0.15, 0.2) is 47.7 Å². The Kier molecular flexibility index (Phi) is 5.45. The number of carbonyl (C=O) groups is 2. The number of hydrogen-bond acceptors (Lipinski definition) is 5. The van der Waals surface area contributed by atoms with E-state index in [4.69, 9.17) is 0 Å². The van der Waals surface area contributed by atoms with Crippen LogP contribution in [0.25, 0.3) is 0 Å². The number of amides is 1. The van der Waals surface area contributed by atoms with E-state index >= 15 is 0 Å². The summed E-state index contributed by atoms with van der Waals surface area (Å²) in [6.45, 7) is 0.0810. The number of nitrogens with zero attached hydrogens (tertiary/aromatic N) is 3. The maximum atomic E-state index is 12.7. The van der Waals surface area contributed by atoms with Crippen molar-refractivity contribution in [3.63, 3.8) is 0 Å². The van der Waals surface area contributed by atoms with Crippen molar-refractivity contribution in [2.45, 2.75) is 12.5 Å². The van der Waals surface area contributed by atoms with Crippen LogP contribution in [-0.2, 0) is 26.2 Å². The summed E-state index contributed by atoms with van der Waals surface area (Å²) in [7, 11) is -4.03. The number of Topliss-reactive ketones (excluding diaryl/α,β-unsaturated/α-hetero) is 1. The van der Waals surface area contributed by atoms with Crippen LogP contribution in [0.4, 0.5) is 0 Å². The maximum absolute atomic E-state index is 12.7. The zero-order valence-electron chi connectivity index (χ0n) is 13.8. The van der Waals surface area contributed by atoms with Gasteiger partial charge in [-0.15, -0.1) is 0 Å². The molecule has 1 atom stereocenters. The molecule has 0 aromatic heterocycles. The van der Waals surface area contributed by atoms with E-state index in [2.05, 4.69) is 20.3 Å². The van der Waals surface area contributed by atoms with Crippen LogP contribution in [0.5, 0.6) is 0 Å². The summed E-state index contributed by atoms with van der Waals surface area (Å²) < 4.78 is 28.7. The summed E-state index contributed by atoms with van der Waals surface area (Å²) >= 11 is 0. The Morgan fingerprint density at radius 2 is 2.04 bits per heavy atom. The van der Waals surface area contributed by atoms with E-state index in [0.29, 0.717) is 0 Å². The van der Waals surface area contributed by atoms with Gasteiger partial charge in [-0.05, 0) is 12.0 Å². The molecule has 3 rings (SSSR count). The molecule has 1 aromatic rings. The van der Waals surface area contributed by atoms with Gasteiger partial charge in [0.25, 0.3) is 10.2 Å². The predicted molar refractivity (Wildman–Crippen MR) is 94.3 cm³/mol. The molecule has 2 N–H and O–H groups in total. The standard InChI is InChI=1S/C16H18N5O4S/c22-14-11-21(9-8-17-14)26(24,25)20-13(10-12-4-2-1-3-5-12)15(23)16-18-6-7-19-16/h1-7,13,20H,8-11H2,(H,17,22)/t13-/m0/s1. The number of rotatable bonds is 7. The highest BCUT2D eigenvalue weighted by atomic mass is 32.2. The fourth-order valence-corrected chi connectivity index (χ4v) is 3.95. The third-order valence-corrected chi connectivity index (χ3v) is 5.49. The number of amidine groups is 1. The first-order chi connectivity index (χ1) is 12.5. The molecule has 0 saturated carbocycles. The van der Waals surface area contributed by atoms with E-state index in [1.807, 2.05) is 6.07 Å². The highest BCUT2D eigenvalue weighted by molar-refractivity contribution is 7.87. The fourth-order valence-electron chi connectivity index (χ4n) is 2.64. The summed E-state index contributed by atoms with van der Waals surface area (Å²) in [5, 5.41) is 6.42. The lowest BCUT2D eigenvalue weighted by Crippen LogP contribution is -2.56. The van der Waals surface area contributed by atoms with Gasteiger partial charge in [-0.2, -0.15) is 17.4 Å². The Bertz CT molecular complexity index is 851. The van der Waals surface area contributed by atoms with E-state index in [-0.39, 0.29) is 37.8 Å². The molecule has 137 valence electrons. The summed E-state index contributed by atoms with van der Waals surface area (Å²) in [4.78, 5) is 28.0. The first-order valence-corrected chi connectivity index (χ1v) is 9.45. The predicted octanol–water partition coefficient (Wildman–Crippen LogP) is -1.08. The lowest BCUT2D eigenvalue weighted by Gasteiger charge is -2.28. The van der Waals surface area contributed by atoms with Gasteiger partial charge < -0.3 is 5.32 Å². The summed E-state index contributed by atoms with van der Waals surface area (Å²) in [5.41, 5.74) is 0.788. The molecule has 2 heterocycles. The van der Waals surface area contributed by atoms with Crippen LogP contribution in [0.1, 0.15) is 5.56 Å². The largest absolute Gasteiger partial charge is 0.354 e. The molecule has 10 heteroatoms. The molecule has 0 unspecified atom stereocenters. The molecule has 0 bridgehead atoms. The minimum Gasteiger partial charge on any atom is -0.354 e. The number of aliphatic imine (C=N–C) groups is 1. The smallest absolute Gasteiger partial charge is 0.280 e. The highest BCUT2D eigenvalue weighted by Gasteiger charge is 2.34. The molecule has 0 aliphatic carbocycles. The van der Waals surface area contributed by atoms with E-state index in [0.717, 1.165) is 9.87 Å². The lowest BCUT2D eigenvalue weighted by atomic mass is 10.0. The van der Waals surface area contributed by atoms with Crippen molar-refractivity contribution in [1.29, 1.82) is 0 Å². The normalized spacial score (nSPS) is 18.8. The highest BCUT2D eigenvalue weighted by Crippen LogP contribution is 2.10. The number of hydrogen-bond donors (Lipinski definition) is 2. The number of carbonyl (C=O) groups excluding carboxylic acids is 2. The third kappa shape index (κ3) is 4.34. The molecule has 26 heavy (non-hydrogen) atoms. The Hall–Kier alpha value is -2.56. The van der Waals surface area contributed by atoms with Gasteiger partial charge in [0, 0.05) is 25.5 Å². The van der Waals surface area contributed by atoms with Crippen molar-refractivity contribution in [3.05, 3.63) is 48.3 Å². The van der Waals surface area contributed by atoms with Gasteiger partial charge in [-0.25, -0.2) is 10.3 Å². The zero-order valence-corrected chi connectivity index (χ0v) is 14.6. The Balaban J connectivity index is 1.80. The van der Waals surface area contributed by atoms with Crippen molar-refractivity contribution in [1.82, 2.24) is 19.7 Å². The van der Waals surface area contributed by atoms with Gasteiger partial charge in [0.05, 0.1) is 12.6 Å². The first-order valence-electron chi connectivity index (χ1n) is 8.01. The number of ketones is 1. The Morgan fingerprint density at radius 3 is 2.69 bits per heavy atom. The SMILES string of the molecule is O=C1CN(S(=O)(=O)N[C@@H](Cc2ccccc2)C(=O)C2=NC=C[N]2)CCN1. The van der Waals surface area contributed by atoms with Crippen LogP contribution >= 0.6 is 0 Å². The van der Waals surface area contributed by atoms with Crippen molar-refractivity contribution < 1.29 is 18.0 Å². The second kappa shape index (κ2) is 7.77. The van der Waals surface area contributed by atoms with Crippen LogP contribution in [0.2, 0.25) is 0 Å². The van der Waals surface area contributed by atoms with E-state index in [1.54, 1.807) is 24.3 Å². The molecular weight excluding hydrogens is 358 g/mol. The summed E-state index contributed by atoms with van der Waals surface area (Å²) in [6, 6.07) is 7.97. The maximum Gasteiger partial charge on any atom is 0.280 e. The van der Waals surface area contributed by atoms with Crippen LogP contribution < -0.4 is 15.4 Å². The second-order valence-electron chi connectivity index (χ2n) is 5.79. The number of nitrogens with one attached hydrogen (secondary N) is 2. The van der Waals surface area contributed by atoms with Gasteiger partial charge >= 0.3 is 0 Å². The van der Waals surface area contributed by atoms with Crippen LogP contribution in [0, 0.1) is 0 Å².